The first-order chi connectivity index (χ1) is 4.99. The molecule has 0 heterocycles. The summed E-state index contributed by atoms with van der Waals surface area (Å²) < 4.78 is 15.1. The Morgan fingerprint density at radius 2 is 1.73 bits per heavy atom. The van der Waals surface area contributed by atoms with E-state index in [2.05, 4.69) is 19.6 Å². The molecule has 0 saturated heterocycles. The monoisotopic (exact) mass is 176 g/mol. The molecule has 0 spiro atoms. The van der Waals surface area contributed by atoms with Crippen LogP contribution in [0.5, 0.6) is 0 Å². The molecule has 66 valence electrons. The lowest BCUT2D eigenvalue weighted by molar-refractivity contribution is 0.126. The van der Waals surface area contributed by atoms with Gasteiger partial charge in [0, 0.05) is 0 Å². The number of ether oxygens (including phenoxy) is 2. The molecule has 0 amide bonds. The maximum Gasteiger partial charge on any atom is 0.301 e. The smallest absolute Gasteiger partial charge is 0.301 e. The summed E-state index contributed by atoms with van der Waals surface area (Å²) in [7, 11) is 1.57. The lowest BCUT2D eigenvalue weighted by Crippen LogP contribution is -2.25. The number of hydrogen-bond donors (Lipinski definition) is 0. The predicted octanol–water partition coefficient (Wildman–Crippen LogP) is 1.93. The molecule has 0 aliphatic rings. The minimum atomic E-state index is -1.55. The fourth-order valence-electron chi connectivity index (χ4n) is 0.512. The topological polar surface area (TPSA) is 27.7 Å². The Hall–Kier alpha value is -0.643. The van der Waals surface area contributed by atoms with Gasteiger partial charge < -0.3 is 13.9 Å². The number of methoxy groups -OCH3 is 2. The maximum absolute atomic E-state index is 5.48. The Labute approximate surface area is 69.1 Å². The number of hydrogen-bond acceptors (Lipinski definition) is 3. The van der Waals surface area contributed by atoms with Crippen LogP contribution < -0.4 is 0 Å². The second kappa shape index (κ2) is 4.28. The van der Waals surface area contributed by atoms with Crippen molar-refractivity contribution in [2.45, 2.75) is 19.6 Å². The van der Waals surface area contributed by atoms with E-state index < -0.39 is 8.32 Å². The Morgan fingerprint density at radius 1 is 1.18 bits per heavy atom. The van der Waals surface area contributed by atoms with Gasteiger partial charge in [0.15, 0.2) is 6.26 Å². The minimum absolute atomic E-state index is 0.451. The van der Waals surface area contributed by atoms with Crippen LogP contribution in [0.2, 0.25) is 19.6 Å². The van der Waals surface area contributed by atoms with E-state index in [1.54, 1.807) is 14.2 Å². The highest BCUT2D eigenvalue weighted by molar-refractivity contribution is 6.69. The van der Waals surface area contributed by atoms with Crippen LogP contribution in [-0.2, 0) is 13.9 Å². The van der Waals surface area contributed by atoms with Gasteiger partial charge in [-0.2, -0.15) is 0 Å². The van der Waals surface area contributed by atoms with E-state index in [9.17, 15) is 0 Å². The normalized spacial score (nSPS) is 12.6. The van der Waals surface area contributed by atoms with Crippen LogP contribution in [0.15, 0.2) is 12.2 Å². The molecule has 0 rings (SSSR count). The third kappa shape index (κ3) is 5.78. The highest BCUT2D eigenvalue weighted by atomic mass is 28.4. The molecule has 0 aromatic carbocycles. The lowest BCUT2D eigenvalue weighted by Gasteiger charge is -2.19. The van der Waals surface area contributed by atoms with Crippen LogP contribution in [0.1, 0.15) is 0 Å². The molecule has 0 saturated carbocycles. The Balaban J connectivity index is 3.99. The van der Waals surface area contributed by atoms with Gasteiger partial charge in [-0.15, -0.1) is 0 Å². The van der Waals surface area contributed by atoms with Gasteiger partial charge in [-0.25, -0.2) is 0 Å². The van der Waals surface area contributed by atoms with Gasteiger partial charge in [-0.3, -0.25) is 0 Å². The summed E-state index contributed by atoms with van der Waals surface area (Å²) in [6, 6.07) is 0. The molecule has 0 aromatic rings. The summed E-state index contributed by atoms with van der Waals surface area (Å²) in [6.45, 7) is 6.24. The Kier molecular flexibility index (Phi) is 4.03. The molecule has 0 aliphatic heterocycles. The van der Waals surface area contributed by atoms with Gasteiger partial charge in [-0.1, -0.05) is 0 Å². The van der Waals surface area contributed by atoms with E-state index in [0.717, 1.165) is 0 Å². The molecular formula is C7H16O3Si. The van der Waals surface area contributed by atoms with Gasteiger partial charge in [0.05, 0.1) is 14.2 Å². The standard InChI is InChI=1S/C7H16O3Si/c1-8-6-7(9-2)10-11(3,4)5/h6H,1-5H3/b7-6+. The van der Waals surface area contributed by atoms with Crippen molar-refractivity contribution >= 4 is 8.32 Å². The van der Waals surface area contributed by atoms with Crippen LogP contribution in [-0.4, -0.2) is 22.5 Å². The highest BCUT2D eigenvalue weighted by Crippen LogP contribution is 2.10. The summed E-state index contributed by atoms with van der Waals surface area (Å²) >= 11 is 0. The fraction of sp³-hybridized carbons (Fsp3) is 0.714. The molecular weight excluding hydrogens is 160 g/mol. The molecule has 0 radical (unpaired) electrons. The Bertz CT molecular complexity index is 137. The second-order valence-corrected chi connectivity index (χ2v) is 7.52. The molecule has 0 aromatic heterocycles. The van der Waals surface area contributed by atoms with Crippen molar-refractivity contribution in [1.82, 2.24) is 0 Å². The van der Waals surface area contributed by atoms with Crippen molar-refractivity contribution in [2.24, 2.45) is 0 Å². The van der Waals surface area contributed by atoms with Crippen molar-refractivity contribution in [3.8, 4) is 0 Å². The molecule has 0 unspecified atom stereocenters. The van der Waals surface area contributed by atoms with Gasteiger partial charge in [0.2, 0.25) is 8.32 Å². The molecule has 3 nitrogen and oxygen atoms in total. The van der Waals surface area contributed by atoms with Crippen LogP contribution >= 0.6 is 0 Å². The Morgan fingerprint density at radius 3 is 2.00 bits per heavy atom. The predicted molar refractivity (Wildman–Crippen MR) is 46.5 cm³/mol. The van der Waals surface area contributed by atoms with Crippen LogP contribution in [0.3, 0.4) is 0 Å². The highest BCUT2D eigenvalue weighted by Gasteiger charge is 2.18. The molecule has 0 fully saturated rings. The quantitative estimate of drug-likeness (QED) is 0.484. The summed E-state index contributed by atoms with van der Waals surface area (Å²) in [4.78, 5) is 0. The largest absolute Gasteiger partial charge is 0.518 e. The summed E-state index contributed by atoms with van der Waals surface area (Å²) in [6.07, 6.45) is 1.46. The summed E-state index contributed by atoms with van der Waals surface area (Å²) in [5.41, 5.74) is 0. The van der Waals surface area contributed by atoms with Gasteiger partial charge >= 0.3 is 5.95 Å². The van der Waals surface area contributed by atoms with E-state index in [0.29, 0.717) is 5.95 Å². The fourth-order valence-corrected chi connectivity index (χ4v) is 1.25. The lowest BCUT2D eigenvalue weighted by atomic mass is 11.0. The molecule has 0 atom stereocenters. The van der Waals surface area contributed by atoms with Crippen LogP contribution in [0.25, 0.3) is 0 Å². The zero-order valence-electron chi connectivity index (χ0n) is 7.80. The first-order valence-corrected chi connectivity index (χ1v) is 6.86. The van der Waals surface area contributed by atoms with Crippen molar-refractivity contribution < 1.29 is 13.9 Å². The van der Waals surface area contributed by atoms with Gasteiger partial charge in [0.1, 0.15) is 0 Å². The van der Waals surface area contributed by atoms with E-state index in [-0.39, 0.29) is 0 Å². The minimum Gasteiger partial charge on any atom is -0.518 e. The average molecular weight is 176 g/mol. The van der Waals surface area contributed by atoms with Crippen molar-refractivity contribution in [3.63, 3.8) is 0 Å². The van der Waals surface area contributed by atoms with E-state index >= 15 is 0 Å². The van der Waals surface area contributed by atoms with E-state index in [1.807, 2.05) is 0 Å². The van der Waals surface area contributed by atoms with Crippen molar-refractivity contribution in [2.75, 3.05) is 14.2 Å². The average Bonchev–Trinajstić information content (AvgIpc) is 1.84. The first kappa shape index (κ1) is 10.4. The second-order valence-electron chi connectivity index (χ2n) is 3.09. The van der Waals surface area contributed by atoms with Gasteiger partial charge in [0.25, 0.3) is 0 Å². The summed E-state index contributed by atoms with van der Waals surface area (Å²) in [5.74, 6) is 0.451. The first-order valence-electron chi connectivity index (χ1n) is 3.45. The summed E-state index contributed by atoms with van der Waals surface area (Å²) in [5, 5.41) is 0. The molecule has 0 N–H and O–H groups in total. The van der Waals surface area contributed by atoms with E-state index in [4.69, 9.17) is 13.9 Å². The molecule has 4 heteroatoms. The maximum atomic E-state index is 5.48. The zero-order chi connectivity index (χ0) is 8.91. The van der Waals surface area contributed by atoms with Crippen molar-refractivity contribution in [3.05, 3.63) is 12.2 Å². The molecule has 0 aliphatic carbocycles. The number of rotatable bonds is 4. The molecule has 11 heavy (non-hydrogen) atoms. The van der Waals surface area contributed by atoms with Crippen LogP contribution in [0, 0.1) is 0 Å². The third-order valence-electron chi connectivity index (χ3n) is 0.822. The molecule has 0 bridgehead atoms. The zero-order valence-corrected chi connectivity index (χ0v) is 8.80. The SMILES string of the molecule is CO/C=C(\OC)O[Si](C)(C)C. The third-order valence-corrected chi connectivity index (χ3v) is 1.64. The van der Waals surface area contributed by atoms with E-state index in [1.165, 1.54) is 6.26 Å². The van der Waals surface area contributed by atoms with Crippen molar-refractivity contribution in [1.29, 1.82) is 0 Å². The van der Waals surface area contributed by atoms with Crippen LogP contribution in [0.4, 0.5) is 0 Å². The van der Waals surface area contributed by atoms with Gasteiger partial charge in [-0.05, 0) is 19.6 Å².